The summed E-state index contributed by atoms with van der Waals surface area (Å²) in [5.41, 5.74) is 4.61. The molecule has 0 aliphatic carbocycles. The molecule has 5 heteroatoms. The van der Waals surface area contributed by atoms with E-state index >= 15 is 0 Å². The van der Waals surface area contributed by atoms with Gasteiger partial charge in [-0.15, -0.1) is 0 Å². The highest BCUT2D eigenvalue weighted by atomic mass is 16.2. The summed E-state index contributed by atoms with van der Waals surface area (Å²) >= 11 is 0. The topological polar surface area (TPSA) is 72.8 Å². The van der Waals surface area contributed by atoms with Crippen LogP contribution in [0.15, 0.2) is 54.1 Å². The molecule has 30 heavy (non-hydrogen) atoms. The highest BCUT2D eigenvalue weighted by molar-refractivity contribution is 6.04. The van der Waals surface area contributed by atoms with E-state index in [0.717, 1.165) is 40.6 Å². The third-order valence-corrected chi connectivity index (χ3v) is 5.78. The van der Waals surface area contributed by atoms with Gasteiger partial charge in [-0.1, -0.05) is 36.4 Å². The molecule has 1 aliphatic heterocycles. The Hall–Kier alpha value is -3.83. The first kappa shape index (κ1) is 19.5. The standard InChI is InChI=1S/C25H22N4O/c1-18-23(14-21(16-27)25(30)28-12-6-7-13-28)22-10-4-5-11-24(22)29(18)17-20-9-3-2-8-19(20)15-26/h2-5,8-11,14H,6-7,12-13,17H2,1H3/b21-14+. The SMILES string of the molecule is Cc1c(/C=C(\C#N)C(=O)N2CCCC2)c2ccccc2n1Cc1ccccc1C#N. The van der Waals surface area contributed by atoms with Crippen LogP contribution in [0.4, 0.5) is 0 Å². The van der Waals surface area contributed by atoms with Gasteiger partial charge in [0.05, 0.1) is 11.6 Å². The van der Waals surface area contributed by atoms with Crippen LogP contribution in [0.2, 0.25) is 0 Å². The molecule has 0 bridgehead atoms. The molecular formula is C25H22N4O. The van der Waals surface area contributed by atoms with E-state index in [9.17, 15) is 15.3 Å². The second kappa shape index (κ2) is 8.27. The minimum atomic E-state index is -0.193. The van der Waals surface area contributed by atoms with Crippen LogP contribution in [0, 0.1) is 29.6 Å². The van der Waals surface area contributed by atoms with Crippen LogP contribution in [-0.4, -0.2) is 28.5 Å². The van der Waals surface area contributed by atoms with E-state index in [-0.39, 0.29) is 11.5 Å². The van der Waals surface area contributed by atoms with Crippen molar-refractivity contribution in [1.82, 2.24) is 9.47 Å². The van der Waals surface area contributed by atoms with Crippen molar-refractivity contribution in [3.05, 3.63) is 76.5 Å². The summed E-state index contributed by atoms with van der Waals surface area (Å²) < 4.78 is 2.15. The lowest BCUT2D eigenvalue weighted by Gasteiger charge is -2.14. The number of carbonyl (C=O) groups is 1. The molecule has 0 spiro atoms. The Kier molecular flexibility index (Phi) is 5.37. The van der Waals surface area contributed by atoms with Crippen LogP contribution in [0.1, 0.15) is 35.2 Å². The van der Waals surface area contributed by atoms with Crippen molar-refractivity contribution in [2.45, 2.75) is 26.3 Å². The molecular weight excluding hydrogens is 372 g/mol. The van der Waals surface area contributed by atoms with Crippen LogP contribution < -0.4 is 0 Å². The fourth-order valence-electron chi connectivity index (χ4n) is 4.16. The molecule has 0 N–H and O–H groups in total. The van der Waals surface area contributed by atoms with Crippen molar-refractivity contribution < 1.29 is 4.79 Å². The van der Waals surface area contributed by atoms with Crippen LogP contribution in [0.5, 0.6) is 0 Å². The maximum Gasteiger partial charge on any atom is 0.264 e. The summed E-state index contributed by atoms with van der Waals surface area (Å²) in [5.74, 6) is -0.193. The van der Waals surface area contributed by atoms with Gasteiger partial charge in [0.2, 0.25) is 0 Å². The molecule has 4 rings (SSSR count). The van der Waals surface area contributed by atoms with Gasteiger partial charge in [-0.05, 0) is 43.5 Å². The van der Waals surface area contributed by atoms with E-state index in [0.29, 0.717) is 25.2 Å². The molecule has 0 atom stereocenters. The van der Waals surface area contributed by atoms with Crippen LogP contribution in [-0.2, 0) is 11.3 Å². The molecule has 1 amide bonds. The van der Waals surface area contributed by atoms with Crippen molar-refractivity contribution in [3.8, 4) is 12.1 Å². The van der Waals surface area contributed by atoms with Gasteiger partial charge in [0.1, 0.15) is 11.6 Å². The summed E-state index contributed by atoms with van der Waals surface area (Å²) in [7, 11) is 0. The Morgan fingerprint density at radius 1 is 1.07 bits per heavy atom. The number of hydrogen-bond acceptors (Lipinski definition) is 3. The molecule has 0 saturated carbocycles. The minimum Gasteiger partial charge on any atom is -0.340 e. The summed E-state index contributed by atoms with van der Waals surface area (Å²) in [5, 5.41) is 20.1. The van der Waals surface area contributed by atoms with Crippen LogP contribution >= 0.6 is 0 Å². The zero-order valence-corrected chi connectivity index (χ0v) is 16.9. The smallest absolute Gasteiger partial charge is 0.264 e. The number of carbonyl (C=O) groups excluding carboxylic acids is 1. The molecule has 2 aromatic carbocycles. The second-order valence-corrected chi connectivity index (χ2v) is 7.54. The number of aromatic nitrogens is 1. The monoisotopic (exact) mass is 394 g/mol. The Bertz CT molecular complexity index is 1230. The molecule has 1 aliphatic rings. The number of hydrogen-bond donors (Lipinski definition) is 0. The minimum absolute atomic E-state index is 0.167. The largest absolute Gasteiger partial charge is 0.340 e. The quantitative estimate of drug-likeness (QED) is 0.486. The van der Waals surface area contributed by atoms with E-state index in [1.165, 1.54) is 0 Å². The maximum atomic E-state index is 12.8. The normalized spacial score (nSPS) is 14.0. The first-order valence-electron chi connectivity index (χ1n) is 10.1. The van der Waals surface area contributed by atoms with E-state index < -0.39 is 0 Å². The number of nitriles is 2. The predicted molar refractivity (Wildman–Crippen MR) is 116 cm³/mol. The number of amides is 1. The number of benzene rings is 2. The van der Waals surface area contributed by atoms with Gasteiger partial charge in [0.15, 0.2) is 0 Å². The highest BCUT2D eigenvalue weighted by Crippen LogP contribution is 2.29. The molecule has 3 aromatic rings. The highest BCUT2D eigenvalue weighted by Gasteiger charge is 2.23. The number of fused-ring (bicyclic) bond motifs is 1. The summed E-state index contributed by atoms with van der Waals surface area (Å²) in [6.07, 6.45) is 3.70. The molecule has 0 unspecified atom stereocenters. The number of rotatable bonds is 4. The predicted octanol–water partition coefficient (Wildman–Crippen LogP) is 4.40. The lowest BCUT2D eigenvalue weighted by atomic mass is 10.1. The van der Waals surface area contributed by atoms with Gasteiger partial charge in [-0.2, -0.15) is 10.5 Å². The first-order valence-corrected chi connectivity index (χ1v) is 10.1. The Balaban J connectivity index is 1.82. The molecule has 2 heterocycles. The number of para-hydroxylation sites is 1. The van der Waals surface area contributed by atoms with Gasteiger partial charge in [0, 0.05) is 41.8 Å². The summed E-state index contributed by atoms with van der Waals surface area (Å²) in [6.45, 7) is 3.97. The molecule has 5 nitrogen and oxygen atoms in total. The van der Waals surface area contributed by atoms with Crippen molar-refractivity contribution in [2.75, 3.05) is 13.1 Å². The molecule has 0 radical (unpaired) electrons. The summed E-state index contributed by atoms with van der Waals surface area (Å²) in [6, 6.07) is 19.9. The fraction of sp³-hybridized carbons (Fsp3) is 0.240. The first-order chi connectivity index (χ1) is 14.6. The van der Waals surface area contributed by atoms with Gasteiger partial charge in [-0.25, -0.2) is 0 Å². The van der Waals surface area contributed by atoms with Crippen molar-refractivity contribution >= 4 is 22.9 Å². The average Bonchev–Trinajstić information content (AvgIpc) is 3.40. The molecule has 1 fully saturated rings. The Morgan fingerprint density at radius 2 is 1.77 bits per heavy atom. The van der Waals surface area contributed by atoms with Gasteiger partial charge in [0.25, 0.3) is 5.91 Å². The van der Waals surface area contributed by atoms with Gasteiger partial charge < -0.3 is 9.47 Å². The molecule has 148 valence electrons. The van der Waals surface area contributed by atoms with Gasteiger partial charge in [-0.3, -0.25) is 4.79 Å². The maximum absolute atomic E-state index is 12.8. The average molecular weight is 394 g/mol. The molecule has 1 saturated heterocycles. The number of nitrogens with zero attached hydrogens (tertiary/aromatic N) is 4. The fourth-order valence-corrected chi connectivity index (χ4v) is 4.16. The third-order valence-electron chi connectivity index (χ3n) is 5.78. The zero-order valence-electron chi connectivity index (χ0n) is 16.9. The summed E-state index contributed by atoms with van der Waals surface area (Å²) in [4.78, 5) is 14.6. The second-order valence-electron chi connectivity index (χ2n) is 7.54. The van der Waals surface area contributed by atoms with Crippen LogP contribution in [0.3, 0.4) is 0 Å². The lowest BCUT2D eigenvalue weighted by molar-refractivity contribution is -0.125. The van der Waals surface area contributed by atoms with Gasteiger partial charge >= 0.3 is 0 Å². The molecule has 1 aromatic heterocycles. The third kappa shape index (κ3) is 3.47. The van der Waals surface area contributed by atoms with E-state index in [1.54, 1.807) is 11.0 Å². The van der Waals surface area contributed by atoms with E-state index in [4.69, 9.17) is 0 Å². The Labute approximate surface area is 176 Å². The Morgan fingerprint density at radius 3 is 2.50 bits per heavy atom. The number of likely N-dealkylation sites (tertiary alicyclic amines) is 1. The van der Waals surface area contributed by atoms with Crippen molar-refractivity contribution in [3.63, 3.8) is 0 Å². The van der Waals surface area contributed by atoms with Crippen molar-refractivity contribution in [1.29, 1.82) is 10.5 Å². The van der Waals surface area contributed by atoms with Crippen molar-refractivity contribution in [2.24, 2.45) is 0 Å². The zero-order chi connectivity index (χ0) is 21.1. The van der Waals surface area contributed by atoms with Crippen LogP contribution in [0.25, 0.3) is 17.0 Å². The van der Waals surface area contributed by atoms with E-state index in [2.05, 4.69) is 16.7 Å². The van der Waals surface area contributed by atoms with E-state index in [1.807, 2.05) is 55.5 Å². The lowest BCUT2D eigenvalue weighted by Crippen LogP contribution is -2.28.